The van der Waals surface area contributed by atoms with Gasteiger partial charge < -0.3 is 0 Å². The summed E-state index contributed by atoms with van der Waals surface area (Å²) in [5, 5.41) is 8.66. The summed E-state index contributed by atoms with van der Waals surface area (Å²) in [5.41, 5.74) is 21.7. The lowest BCUT2D eigenvalue weighted by Gasteiger charge is -2.11. The molecule has 0 radical (unpaired) electrons. The van der Waals surface area contributed by atoms with E-state index < -0.39 is 0 Å². The van der Waals surface area contributed by atoms with Crippen molar-refractivity contribution in [2.45, 2.75) is 0 Å². The highest BCUT2D eigenvalue weighted by molar-refractivity contribution is 6.11. The van der Waals surface area contributed by atoms with E-state index >= 15 is 0 Å². The summed E-state index contributed by atoms with van der Waals surface area (Å²) in [7, 11) is 0. The number of pyridine rings is 8. The molecule has 0 aliphatic carbocycles. The lowest BCUT2D eigenvalue weighted by molar-refractivity contribution is 1.15. The van der Waals surface area contributed by atoms with Crippen molar-refractivity contribution in [3.8, 4) is 90.1 Å². The molecule has 0 fully saturated rings. The maximum atomic E-state index is 5.09. The predicted octanol–water partition coefficient (Wildman–Crippen LogP) is 18.7. The van der Waals surface area contributed by atoms with Crippen LogP contribution in [-0.4, -0.2) is 59.8 Å². The Balaban J connectivity index is 0.000000141. The molecule has 0 atom stereocenters. The first kappa shape index (κ1) is 53.4. The molecule has 0 amide bonds. The van der Waals surface area contributed by atoms with Crippen molar-refractivity contribution in [1.82, 2.24) is 59.8 Å². The molecule has 10 heterocycles. The van der Waals surface area contributed by atoms with Crippen molar-refractivity contribution in [3.63, 3.8) is 0 Å². The summed E-state index contributed by atoms with van der Waals surface area (Å²) in [6.45, 7) is 0. The largest absolute Gasteiger partial charge is 0.254 e. The third-order valence-corrected chi connectivity index (χ3v) is 17.0. The maximum Gasteiger partial charge on any atom is 0.178 e. The van der Waals surface area contributed by atoms with E-state index in [4.69, 9.17) is 19.9 Å². The Kier molecular flexibility index (Phi) is 13.2. The highest BCUT2D eigenvalue weighted by Crippen LogP contribution is 2.37. The molecule has 0 aliphatic heterocycles. The Labute approximate surface area is 526 Å². The molecule has 18 aromatic rings. The Morgan fingerprint density at radius 2 is 0.522 bits per heavy atom. The molecule has 0 bridgehead atoms. The summed E-state index contributed by atoms with van der Waals surface area (Å²) in [6.07, 6.45) is 14.3. The van der Waals surface area contributed by atoms with Crippen molar-refractivity contribution in [1.29, 1.82) is 0 Å². The van der Waals surface area contributed by atoms with E-state index in [0.29, 0.717) is 11.6 Å². The Bertz CT molecular complexity index is 5860. The van der Waals surface area contributed by atoms with Gasteiger partial charge in [-0.1, -0.05) is 152 Å². The number of rotatable bonds is 8. The van der Waals surface area contributed by atoms with E-state index in [2.05, 4.69) is 240 Å². The fourth-order valence-corrected chi connectivity index (χ4v) is 12.3. The molecular formula is C80H48N12. The number of benzene rings is 8. The van der Waals surface area contributed by atoms with Crippen molar-refractivity contribution >= 4 is 87.2 Å². The third-order valence-electron chi connectivity index (χ3n) is 17.0. The Morgan fingerprint density at radius 3 is 1.01 bits per heavy atom. The van der Waals surface area contributed by atoms with E-state index in [0.717, 1.165) is 166 Å². The summed E-state index contributed by atoms with van der Waals surface area (Å²) < 4.78 is 0. The average molecular weight is 1180 g/mol. The molecule has 0 spiro atoms. The predicted molar refractivity (Wildman–Crippen MR) is 370 cm³/mol. The average Bonchev–Trinajstić information content (AvgIpc) is 1.03. The minimum absolute atomic E-state index is 0.616. The fourth-order valence-electron chi connectivity index (χ4n) is 12.3. The van der Waals surface area contributed by atoms with Crippen LogP contribution in [0.15, 0.2) is 292 Å². The van der Waals surface area contributed by atoms with Crippen LogP contribution in [0, 0.1) is 0 Å². The maximum absolute atomic E-state index is 5.09. The highest BCUT2D eigenvalue weighted by atomic mass is 14.9. The molecule has 428 valence electrons. The molecule has 92 heavy (non-hydrogen) atoms. The van der Waals surface area contributed by atoms with E-state index in [-0.39, 0.29) is 0 Å². The molecule has 0 saturated heterocycles. The second kappa shape index (κ2) is 22.7. The normalized spacial score (nSPS) is 11.5. The van der Waals surface area contributed by atoms with Crippen molar-refractivity contribution in [2.24, 2.45) is 0 Å². The fraction of sp³-hybridized carbons (Fsp3) is 0. The number of hydrogen-bond acceptors (Lipinski definition) is 12. The lowest BCUT2D eigenvalue weighted by atomic mass is 9.96. The first-order valence-electron chi connectivity index (χ1n) is 30.2. The molecule has 8 aromatic carbocycles. The minimum Gasteiger partial charge on any atom is -0.254 e. The molecule has 0 aliphatic rings. The zero-order valence-electron chi connectivity index (χ0n) is 49.1. The molecule has 0 unspecified atom stereocenters. The Hall–Kier alpha value is -12.8. The van der Waals surface area contributed by atoms with Gasteiger partial charge in [0.2, 0.25) is 0 Å². The van der Waals surface area contributed by atoms with E-state index in [9.17, 15) is 0 Å². The monoisotopic (exact) mass is 1180 g/mol. The van der Waals surface area contributed by atoms with Gasteiger partial charge in [0.05, 0.1) is 55.5 Å². The summed E-state index contributed by atoms with van der Waals surface area (Å²) in [6, 6.07) is 83.6. The smallest absolute Gasteiger partial charge is 0.178 e. The van der Waals surface area contributed by atoms with Crippen LogP contribution in [0.4, 0.5) is 0 Å². The summed E-state index contributed by atoms with van der Waals surface area (Å²) >= 11 is 0. The molecule has 10 aromatic heterocycles. The SMILES string of the molecule is c1cnc(-c2ccc3ccc(-c4ccc5ccc(-c6ccc(-c7cc8cccnc8c8ncccc78)cc6)nc5c4)cc3n2)nc1.c1cnc(-c2ccc3ccc(-c4ccc5ccc(-c6ccc(-c7ccnc8c7ccc7cccnc78)cc6)nc5c4)cc3n2)nc1. The molecule has 0 N–H and O–H groups in total. The van der Waals surface area contributed by atoms with Crippen molar-refractivity contribution in [3.05, 3.63) is 292 Å². The van der Waals surface area contributed by atoms with Crippen LogP contribution in [0.25, 0.3) is 177 Å². The Morgan fingerprint density at radius 1 is 0.185 bits per heavy atom. The van der Waals surface area contributed by atoms with E-state index in [1.807, 2.05) is 55.1 Å². The van der Waals surface area contributed by atoms with Gasteiger partial charge in [-0.3, -0.25) is 19.9 Å². The standard InChI is InChI=1S/2C40H24N6/c1-4-31-22-33(32-5-2-19-42-39(32)38(31)41-18-1)25-6-8-26(9-7-25)34-16-14-27-10-12-29(23-36(27)45-34)30-13-11-28-15-17-35(46-37(28)24-30)40-43-20-3-21-44-40;1-3-29-12-15-33-32(18-22-42-39(33)38(29)41-19-1)25-4-6-26(7-5-25)34-16-13-27-8-10-30(23-36(27)45-34)31-11-9-28-14-17-35(46-37(28)24-31)40-43-20-2-21-44-40/h2*1-24H. The number of fused-ring (bicyclic) bond motifs is 10. The zero-order chi connectivity index (χ0) is 60.9. The quantitative estimate of drug-likeness (QED) is 0.133. The number of nitrogens with zero attached hydrogens (tertiary/aromatic N) is 12. The van der Waals surface area contributed by atoms with Crippen LogP contribution in [0.3, 0.4) is 0 Å². The topological polar surface area (TPSA) is 155 Å². The van der Waals surface area contributed by atoms with Crippen molar-refractivity contribution < 1.29 is 0 Å². The zero-order valence-corrected chi connectivity index (χ0v) is 49.1. The van der Waals surface area contributed by atoms with Crippen LogP contribution in [-0.2, 0) is 0 Å². The van der Waals surface area contributed by atoms with E-state index in [1.165, 1.54) is 0 Å². The third kappa shape index (κ3) is 10.0. The van der Waals surface area contributed by atoms with Gasteiger partial charge in [-0.25, -0.2) is 39.9 Å². The molecular weight excluding hydrogens is 1130 g/mol. The molecule has 18 rings (SSSR count). The second-order valence-electron chi connectivity index (χ2n) is 22.5. The molecule has 12 heteroatoms. The van der Waals surface area contributed by atoms with E-state index in [1.54, 1.807) is 36.9 Å². The lowest BCUT2D eigenvalue weighted by Crippen LogP contribution is -1.91. The number of aromatic nitrogens is 12. The highest BCUT2D eigenvalue weighted by Gasteiger charge is 2.15. The van der Waals surface area contributed by atoms with Gasteiger partial charge in [-0.2, -0.15) is 0 Å². The van der Waals surface area contributed by atoms with Gasteiger partial charge in [0.15, 0.2) is 11.6 Å². The summed E-state index contributed by atoms with van der Waals surface area (Å²) in [4.78, 5) is 55.9. The minimum atomic E-state index is 0.616. The van der Waals surface area contributed by atoms with Gasteiger partial charge in [0.1, 0.15) is 11.4 Å². The van der Waals surface area contributed by atoms with Crippen LogP contribution in [0.1, 0.15) is 0 Å². The molecule has 12 nitrogen and oxygen atoms in total. The van der Waals surface area contributed by atoms with Crippen LogP contribution < -0.4 is 0 Å². The van der Waals surface area contributed by atoms with Crippen LogP contribution in [0.5, 0.6) is 0 Å². The molecule has 0 saturated carbocycles. The van der Waals surface area contributed by atoms with Gasteiger partial charge in [0.25, 0.3) is 0 Å². The van der Waals surface area contributed by atoms with Gasteiger partial charge in [-0.05, 0) is 136 Å². The number of hydrogen-bond donors (Lipinski definition) is 0. The van der Waals surface area contributed by atoms with Crippen LogP contribution >= 0.6 is 0 Å². The first-order chi connectivity index (χ1) is 45.5. The van der Waals surface area contributed by atoms with Gasteiger partial charge in [0, 0.05) is 104 Å². The second-order valence-corrected chi connectivity index (χ2v) is 22.5. The van der Waals surface area contributed by atoms with Gasteiger partial charge >= 0.3 is 0 Å². The van der Waals surface area contributed by atoms with Crippen molar-refractivity contribution in [2.75, 3.05) is 0 Å². The summed E-state index contributed by atoms with van der Waals surface area (Å²) in [5.74, 6) is 1.23. The first-order valence-corrected chi connectivity index (χ1v) is 30.2. The van der Waals surface area contributed by atoms with Gasteiger partial charge in [-0.15, -0.1) is 0 Å². The van der Waals surface area contributed by atoms with Crippen LogP contribution in [0.2, 0.25) is 0 Å².